The van der Waals surface area contributed by atoms with Gasteiger partial charge in [0.05, 0.1) is 16.9 Å². The average molecular weight is 251 g/mol. The fraction of sp³-hybridized carbons (Fsp3) is 0.500. The first kappa shape index (κ1) is 12.4. The zero-order valence-electron chi connectivity index (χ0n) is 10.7. The third-order valence-corrected chi connectivity index (χ3v) is 3.34. The summed E-state index contributed by atoms with van der Waals surface area (Å²) in [7, 11) is 0. The Morgan fingerprint density at radius 2 is 2.12 bits per heavy atom. The first-order chi connectivity index (χ1) is 8.13. The third-order valence-electron chi connectivity index (χ3n) is 3.10. The SMILES string of the molecule is Cc1cccc2nc(CCl)n(CCC(C)C)c12. The molecule has 0 saturated carbocycles. The Bertz CT molecular complexity index is 514. The molecule has 0 fully saturated rings. The summed E-state index contributed by atoms with van der Waals surface area (Å²) in [6.45, 7) is 7.62. The summed E-state index contributed by atoms with van der Waals surface area (Å²) in [5.74, 6) is 2.16. The van der Waals surface area contributed by atoms with Gasteiger partial charge in [-0.15, -0.1) is 11.6 Å². The van der Waals surface area contributed by atoms with Gasteiger partial charge in [-0.1, -0.05) is 26.0 Å². The molecule has 3 heteroatoms. The minimum absolute atomic E-state index is 0.478. The molecule has 1 heterocycles. The lowest BCUT2D eigenvalue weighted by Gasteiger charge is -2.10. The van der Waals surface area contributed by atoms with E-state index in [-0.39, 0.29) is 0 Å². The summed E-state index contributed by atoms with van der Waals surface area (Å²) in [5, 5.41) is 0. The molecule has 1 aromatic carbocycles. The van der Waals surface area contributed by atoms with Crippen LogP contribution in [0.5, 0.6) is 0 Å². The highest BCUT2D eigenvalue weighted by Crippen LogP contribution is 2.22. The zero-order chi connectivity index (χ0) is 12.4. The van der Waals surface area contributed by atoms with Crippen LogP contribution >= 0.6 is 11.6 Å². The summed E-state index contributed by atoms with van der Waals surface area (Å²) in [6, 6.07) is 6.24. The van der Waals surface area contributed by atoms with Gasteiger partial charge in [-0.05, 0) is 30.9 Å². The van der Waals surface area contributed by atoms with Gasteiger partial charge in [-0.2, -0.15) is 0 Å². The van der Waals surface area contributed by atoms with Gasteiger partial charge in [0.15, 0.2) is 0 Å². The van der Waals surface area contributed by atoms with E-state index in [4.69, 9.17) is 11.6 Å². The average Bonchev–Trinajstić information content (AvgIpc) is 2.65. The van der Waals surface area contributed by atoms with Gasteiger partial charge < -0.3 is 4.57 Å². The molecule has 0 aliphatic heterocycles. The number of hydrogen-bond acceptors (Lipinski definition) is 1. The van der Waals surface area contributed by atoms with Gasteiger partial charge in [-0.3, -0.25) is 0 Å². The van der Waals surface area contributed by atoms with Crippen molar-refractivity contribution < 1.29 is 0 Å². The second-order valence-corrected chi connectivity index (χ2v) is 5.21. The number of nitrogens with zero attached hydrogens (tertiary/aromatic N) is 2. The number of alkyl halides is 1. The standard InChI is InChI=1S/C14H19ClN2/c1-10(2)7-8-17-13(9-15)16-12-6-4-5-11(3)14(12)17/h4-6,10H,7-9H2,1-3H3. The van der Waals surface area contributed by atoms with Crippen LogP contribution in [0.3, 0.4) is 0 Å². The number of aromatic nitrogens is 2. The van der Waals surface area contributed by atoms with Crippen molar-refractivity contribution in [2.24, 2.45) is 5.92 Å². The monoisotopic (exact) mass is 250 g/mol. The molecule has 0 bridgehead atoms. The van der Waals surface area contributed by atoms with Crippen molar-refractivity contribution in [1.82, 2.24) is 9.55 Å². The number of hydrogen-bond donors (Lipinski definition) is 0. The van der Waals surface area contributed by atoms with E-state index in [1.54, 1.807) is 0 Å². The van der Waals surface area contributed by atoms with Crippen molar-refractivity contribution in [3.63, 3.8) is 0 Å². The van der Waals surface area contributed by atoms with Gasteiger partial charge in [0.2, 0.25) is 0 Å². The van der Waals surface area contributed by atoms with E-state index in [9.17, 15) is 0 Å². The number of benzene rings is 1. The lowest BCUT2D eigenvalue weighted by molar-refractivity contribution is 0.516. The lowest BCUT2D eigenvalue weighted by Crippen LogP contribution is -2.05. The lowest BCUT2D eigenvalue weighted by atomic mass is 10.1. The number of halogens is 1. The van der Waals surface area contributed by atoms with Crippen LogP contribution in [0.25, 0.3) is 11.0 Å². The number of fused-ring (bicyclic) bond motifs is 1. The molecule has 0 amide bonds. The summed E-state index contributed by atoms with van der Waals surface area (Å²) in [5.41, 5.74) is 3.57. The second-order valence-electron chi connectivity index (χ2n) is 4.94. The van der Waals surface area contributed by atoms with Gasteiger partial charge in [-0.25, -0.2) is 4.98 Å². The van der Waals surface area contributed by atoms with Gasteiger partial charge >= 0.3 is 0 Å². The minimum atomic E-state index is 0.478. The Labute approximate surface area is 108 Å². The van der Waals surface area contributed by atoms with Crippen LogP contribution in [0.4, 0.5) is 0 Å². The van der Waals surface area contributed by atoms with E-state index in [1.165, 1.54) is 11.1 Å². The van der Waals surface area contributed by atoms with Crippen molar-refractivity contribution in [3.8, 4) is 0 Å². The van der Waals surface area contributed by atoms with Crippen molar-refractivity contribution in [1.29, 1.82) is 0 Å². The largest absolute Gasteiger partial charge is 0.327 e. The molecule has 2 aromatic rings. The minimum Gasteiger partial charge on any atom is -0.327 e. The van der Waals surface area contributed by atoms with Gasteiger partial charge in [0.1, 0.15) is 5.82 Å². The smallest absolute Gasteiger partial charge is 0.124 e. The molecular formula is C14H19ClN2. The summed E-state index contributed by atoms with van der Waals surface area (Å²) >= 11 is 5.99. The molecule has 0 aliphatic carbocycles. The second kappa shape index (κ2) is 5.09. The Balaban J connectivity index is 2.49. The molecule has 0 aliphatic rings. The van der Waals surface area contributed by atoms with E-state index < -0.39 is 0 Å². The predicted octanol–water partition coefficient (Wildman–Crippen LogP) is 4.13. The number of rotatable bonds is 4. The molecule has 0 atom stereocenters. The van der Waals surface area contributed by atoms with Crippen LogP contribution in [-0.2, 0) is 12.4 Å². The molecule has 0 N–H and O–H groups in total. The maximum atomic E-state index is 5.99. The highest BCUT2D eigenvalue weighted by atomic mass is 35.5. The van der Waals surface area contributed by atoms with E-state index in [0.717, 1.165) is 24.3 Å². The van der Waals surface area contributed by atoms with Crippen molar-refractivity contribution in [2.45, 2.75) is 39.6 Å². The molecule has 1 aromatic heterocycles. The Morgan fingerprint density at radius 1 is 1.35 bits per heavy atom. The van der Waals surface area contributed by atoms with Crippen LogP contribution < -0.4 is 0 Å². The molecule has 0 spiro atoms. The van der Waals surface area contributed by atoms with Crippen LogP contribution in [-0.4, -0.2) is 9.55 Å². The topological polar surface area (TPSA) is 17.8 Å². The summed E-state index contributed by atoms with van der Waals surface area (Å²) in [6.07, 6.45) is 1.16. The fourth-order valence-corrected chi connectivity index (χ4v) is 2.35. The Kier molecular flexibility index (Phi) is 3.72. The highest BCUT2D eigenvalue weighted by Gasteiger charge is 2.11. The molecule has 0 unspecified atom stereocenters. The number of aryl methyl sites for hydroxylation is 2. The quantitative estimate of drug-likeness (QED) is 0.746. The molecule has 92 valence electrons. The fourth-order valence-electron chi connectivity index (χ4n) is 2.14. The van der Waals surface area contributed by atoms with Crippen LogP contribution in [0.15, 0.2) is 18.2 Å². The van der Waals surface area contributed by atoms with Crippen molar-refractivity contribution in [3.05, 3.63) is 29.6 Å². The van der Waals surface area contributed by atoms with E-state index >= 15 is 0 Å². The summed E-state index contributed by atoms with van der Waals surface area (Å²) < 4.78 is 2.28. The van der Waals surface area contributed by atoms with E-state index in [0.29, 0.717) is 11.8 Å². The molecule has 0 saturated heterocycles. The van der Waals surface area contributed by atoms with Crippen LogP contribution in [0.2, 0.25) is 0 Å². The first-order valence-corrected chi connectivity index (χ1v) is 6.67. The molecule has 17 heavy (non-hydrogen) atoms. The maximum absolute atomic E-state index is 5.99. The molecule has 2 nitrogen and oxygen atoms in total. The third kappa shape index (κ3) is 2.47. The molecule has 2 rings (SSSR count). The number of para-hydroxylation sites is 1. The highest BCUT2D eigenvalue weighted by molar-refractivity contribution is 6.16. The summed E-state index contributed by atoms with van der Waals surface area (Å²) in [4.78, 5) is 4.60. The first-order valence-electron chi connectivity index (χ1n) is 6.14. The number of imidazole rings is 1. The Morgan fingerprint density at radius 3 is 2.76 bits per heavy atom. The van der Waals surface area contributed by atoms with Gasteiger partial charge in [0.25, 0.3) is 0 Å². The van der Waals surface area contributed by atoms with E-state index in [1.807, 2.05) is 0 Å². The molecular weight excluding hydrogens is 232 g/mol. The van der Waals surface area contributed by atoms with Crippen molar-refractivity contribution >= 4 is 22.6 Å². The van der Waals surface area contributed by atoms with Gasteiger partial charge in [0, 0.05) is 6.54 Å². The van der Waals surface area contributed by atoms with Crippen LogP contribution in [0.1, 0.15) is 31.7 Å². The maximum Gasteiger partial charge on any atom is 0.124 e. The predicted molar refractivity (Wildman–Crippen MR) is 73.5 cm³/mol. The normalized spacial score (nSPS) is 11.6. The zero-order valence-corrected chi connectivity index (χ0v) is 11.5. The van der Waals surface area contributed by atoms with Crippen molar-refractivity contribution in [2.75, 3.05) is 0 Å². The van der Waals surface area contributed by atoms with E-state index in [2.05, 4.69) is 48.5 Å². The van der Waals surface area contributed by atoms with Crippen LogP contribution in [0, 0.1) is 12.8 Å². The Hall–Kier alpha value is -1.02. The molecule has 0 radical (unpaired) electrons.